The summed E-state index contributed by atoms with van der Waals surface area (Å²) < 4.78 is 1.06. The van der Waals surface area contributed by atoms with Crippen molar-refractivity contribution in [3.05, 3.63) is 56.7 Å². The third kappa shape index (κ3) is 3.64. The molecule has 0 saturated heterocycles. The molecule has 0 unspecified atom stereocenters. The largest absolute Gasteiger partial charge is 0.506 e. The van der Waals surface area contributed by atoms with Gasteiger partial charge >= 0.3 is 0 Å². The normalized spacial score (nSPS) is 10.7. The van der Waals surface area contributed by atoms with Crippen LogP contribution in [-0.2, 0) is 0 Å². The molecule has 0 fully saturated rings. The maximum atomic E-state index is 11.7. The number of hydrazone groups is 1. The van der Waals surface area contributed by atoms with Crippen LogP contribution in [0.4, 0.5) is 0 Å². The molecule has 1 amide bonds. The molecule has 0 aliphatic carbocycles. The number of aromatic nitrogens is 1. The number of phenols is 1. The molecule has 7 heteroatoms. The quantitative estimate of drug-likeness (QED) is 0.616. The van der Waals surface area contributed by atoms with Crippen LogP contribution in [0.25, 0.3) is 0 Å². The average molecular weight is 399 g/mol. The standard InChI is InChI=1S/C13H9Br2N3O2/c14-9-5-8(6-10(15)12(9)19)7-17-18-13(20)11-3-1-2-4-16-11/h1-7,19H,(H,18,20). The van der Waals surface area contributed by atoms with Crippen LogP contribution < -0.4 is 5.43 Å². The summed E-state index contributed by atoms with van der Waals surface area (Å²) in [5.74, 6) is -0.279. The molecule has 1 aromatic heterocycles. The van der Waals surface area contributed by atoms with E-state index >= 15 is 0 Å². The van der Waals surface area contributed by atoms with Gasteiger partial charge in [0.2, 0.25) is 0 Å². The second-order valence-corrected chi connectivity index (χ2v) is 5.46. The Labute approximate surface area is 132 Å². The number of amides is 1. The van der Waals surface area contributed by atoms with Gasteiger partial charge in [-0.3, -0.25) is 9.78 Å². The van der Waals surface area contributed by atoms with E-state index in [4.69, 9.17) is 0 Å². The molecule has 1 aromatic carbocycles. The summed E-state index contributed by atoms with van der Waals surface area (Å²) >= 11 is 6.43. The van der Waals surface area contributed by atoms with Gasteiger partial charge in [-0.05, 0) is 61.7 Å². The Balaban J connectivity index is 2.06. The van der Waals surface area contributed by atoms with Gasteiger partial charge in [-0.15, -0.1) is 0 Å². The molecule has 0 spiro atoms. The zero-order valence-corrected chi connectivity index (χ0v) is 13.2. The molecule has 102 valence electrons. The van der Waals surface area contributed by atoms with Crippen molar-refractivity contribution in [1.82, 2.24) is 10.4 Å². The van der Waals surface area contributed by atoms with Gasteiger partial charge in [0.1, 0.15) is 11.4 Å². The first-order valence-electron chi connectivity index (χ1n) is 5.50. The fraction of sp³-hybridized carbons (Fsp3) is 0. The molecule has 0 saturated carbocycles. The highest BCUT2D eigenvalue weighted by Gasteiger charge is 2.06. The number of carbonyl (C=O) groups is 1. The SMILES string of the molecule is O=C(NN=Cc1cc(Br)c(O)c(Br)c1)c1ccccn1. The lowest BCUT2D eigenvalue weighted by Crippen LogP contribution is -2.18. The topological polar surface area (TPSA) is 74.6 Å². The maximum Gasteiger partial charge on any atom is 0.289 e. The molecule has 2 N–H and O–H groups in total. The van der Waals surface area contributed by atoms with Crippen molar-refractivity contribution in [1.29, 1.82) is 0 Å². The predicted octanol–water partition coefficient (Wildman–Crippen LogP) is 3.08. The summed E-state index contributed by atoms with van der Waals surface area (Å²) in [6.45, 7) is 0. The van der Waals surface area contributed by atoms with Gasteiger partial charge in [0.05, 0.1) is 15.2 Å². The fourth-order valence-electron chi connectivity index (χ4n) is 1.38. The Morgan fingerprint density at radius 2 is 2.00 bits per heavy atom. The minimum Gasteiger partial charge on any atom is -0.506 e. The second-order valence-electron chi connectivity index (χ2n) is 3.75. The van der Waals surface area contributed by atoms with E-state index in [-0.39, 0.29) is 11.4 Å². The van der Waals surface area contributed by atoms with Crippen molar-refractivity contribution in [3.63, 3.8) is 0 Å². The molecule has 1 heterocycles. The van der Waals surface area contributed by atoms with Gasteiger partial charge in [0, 0.05) is 6.20 Å². The zero-order chi connectivity index (χ0) is 14.5. The third-order valence-electron chi connectivity index (χ3n) is 2.32. The minimum atomic E-state index is -0.390. The maximum absolute atomic E-state index is 11.7. The van der Waals surface area contributed by atoms with E-state index < -0.39 is 5.91 Å². The Hall–Kier alpha value is -1.73. The van der Waals surface area contributed by atoms with Crippen LogP contribution in [0.15, 0.2) is 50.6 Å². The smallest absolute Gasteiger partial charge is 0.289 e. The zero-order valence-electron chi connectivity index (χ0n) is 10.0. The molecule has 20 heavy (non-hydrogen) atoms. The molecular formula is C13H9Br2N3O2. The first-order chi connectivity index (χ1) is 9.58. The van der Waals surface area contributed by atoms with Gasteiger partial charge in [-0.25, -0.2) is 5.43 Å². The van der Waals surface area contributed by atoms with Gasteiger partial charge in [0.25, 0.3) is 5.91 Å². The van der Waals surface area contributed by atoms with Gasteiger partial charge in [-0.1, -0.05) is 6.07 Å². The van der Waals surface area contributed by atoms with E-state index in [0.29, 0.717) is 14.5 Å². The number of aromatic hydroxyl groups is 1. The van der Waals surface area contributed by atoms with E-state index in [1.807, 2.05) is 0 Å². The number of nitrogens with one attached hydrogen (secondary N) is 1. The second kappa shape index (κ2) is 6.62. The predicted molar refractivity (Wildman–Crippen MR) is 82.8 cm³/mol. The summed E-state index contributed by atoms with van der Waals surface area (Å²) in [5, 5.41) is 13.4. The number of carbonyl (C=O) groups excluding carboxylic acids is 1. The van der Waals surface area contributed by atoms with Gasteiger partial charge < -0.3 is 5.11 Å². The van der Waals surface area contributed by atoms with Crippen LogP contribution in [0, 0.1) is 0 Å². The van der Waals surface area contributed by atoms with E-state index in [0.717, 1.165) is 0 Å². The van der Waals surface area contributed by atoms with Gasteiger partial charge in [0.15, 0.2) is 0 Å². The Morgan fingerprint density at radius 3 is 2.60 bits per heavy atom. The van der Waals surface area contributed by atoms with Crippen LogP contribution in [0.2, 0.25) is 0 Å². The summed E-state index contributed by atoms with van der Waals surface area (Å²) in [6.07, 6.45) is 3.00. The van der Waals surface area contributed by atoms with E-state index in [2.05, 4.69) is 47.4 Å². The summed E-state index contributed by atoms with van der Waals surface area (Å²) in [4.78, 5) is 15.6. The van der Waals surface area contributed by atoms with Crippen molar-refractivity contribution >= 4 is 44.0 Å². The molecule has 0 aliphatic heterocycles. The highest BCUT2D eigenvalue weighted by atomic mass is 79.9. The monoisotopic (exact) mass is 397 g/mol. The molecule has 0 aliphatic rings. The lowest BCUT2D eigenvalue weighted by atomic mass is 10.2. The number of nitrogens with zero attached hydrogens (tertiary/aromatic N) is 2. The number of halogens is 2. The lowest BCUT2D eigenvalue weighted by Gasteiger charge is -2.02. The molecule has 5 nitrogen and oxygen atoms in total. The highest BCUT2D eigenvalue weighted by Crippen LogP contribution is 2.32. The summed E-state index contributed by atoms with van der Waals surface area (Å²) in [6, 6.07) is 8.40. The van der Waals surface area contributed by atoms with Crippen LogP contribution >= 0.6 is 31.9 Å². The summed E-state index contributed by atoms with van der Waals surface area (Å²) in [5.41, 5.74) is 3.38. The molecule has 0 bridgehead atoms. The van der Waals surface area contributed by atoms with Crippen molar-refractivity contribution in [2.45, 2.75) is 0 Å². The molecule has 0 radical (unpaired) electrons. The molecule has 2 rings (SSSR count). The number of benzene rings is 1. The van der Waals surface area contributed by atoms with Crippen LogP contribution in [0.3, 0.4) is 0 Å². The summed E-state index contributed by atoms with van der Waals surface area (Å²) in [7, 11) is 0. The molecular weight excluding hydrogens is 390 g/mol. The number of phenolic OH excluding ortho intramolecular Hbond substituents is 1. The molecule has 0 atom stereocenters. The van der Waals surface area contributed by atoms with E-state index in [1.165, 1.54) is 12.4 Å². The molecule has 2 aromatic rings. The number of rotatable bonds is 3. The number of hydrogen-bond acceptors (Lipinski definition) is 4. The van der Waals surface area contributed by atoms with E-state index in [1.54, 1.807) is 30.3 Å². The van der Waals surface area contributed by atoms with Gasteiger partial charge in [-0.2, -0.15) is 5.10 Å². The van der Waals surface area contributed by atoms with Crippen LogP contribution in [0.5, 0.6) is 5.75 Å². The third-order valence-corrected chi connectivity index (χ3v) is 3.53. The van der Waals surface area contributed by atoms with Crippen molar-refractivity contribution < 1.29 is 9.90 Å². The van der Waals surface area contributed by atoms with Crippen molar-refractivity contribution in [2.75, 3.05) is 0 Å². The Bertz CT molecular complexity index is 637. The number of pyridine rings is 1. The first-order valence-corrected chi connectivity index (χ1v) is 7.09. The lowest BCUT2D eigenvalue weighted by molar-refractivity contribution is 0.0950. The Morgan fingerprint density at radius 1 is 1.30 bits per heavy atom. The number of hydrogen-bond donors (Lipinski definition) is 2. The Kier molecular flexibility index (Phi) is 4.86. The van der Waals surface area contributed by atoms with Crippen LogP contribution in [-0.4, -0.2) is 22.2 Å². The van der Waals surface area contributed by atoms with Crippen molar-refractivity contribution in [2.24, 2.45) is 5.10 Å². The van der Waals surface area contributed by atoms with Crippen molar-refractivity contribution in [3.8, 4) is 5.75 Å². The first kappa shape index (κ1) is 14.7. The highest BCUT2D eigenvalue weighted by molar-refractivity contribution is 9.11. The van der Waals surface area contributed by atoms with Crippen LogP contribution in [0.1, 0.15) is 16.1 Å². The minimum absolute atomic E-state index is 0.111. The van der Waals surface area contributed by atoms with E-state index in [9.17, 15) is 9.90 Å². The fourth-order valence-corrected chi connectivity index (χ4v) is 2.60. The average Bonchev–Trinajstić information content (AvgIpc) is 2.45.